The number of aryl methyl sites for hydroxylation is 3. The molecule has 0 aliphatic carbocycles. The van der Waals surface area contributed by atoms with Crippen LogP contribution in [0.1, 0.15) is 17.0 Å². The maximum Gasteiger partial charge on any atom is 0.0375 e. The molecule has 0 radical (unpaired) electrons. The first-order valence-corrected chi connectivity index (χ1v) is 4.95. The van der Waals surface area contributed by atoms with E-state index in [-0.39, 0.29) is 0 Å². The van der Waals surface area contributed by atoms with Crippen LogP contribution in [-0.2, 0) is 0 Å². The first kappa shape index (κ1) is 11.4. The lowest BCUT2D eigenvalue weighted by molar-refractivity contribution is 1.12. The molecule has 0 N–H and O–H groups in total. The number of nitrogens with zero attached hydrogens (tertiary/aromatic N) is 2. The van der Waals surface area contributed by atoms with Crippen molar-refractivity contribution in [1.29, 1.82) is 0 Å². The molecule has 0 spiro atoms. The van der Waals surface area contributed by atoms with E-state index in [9.17, 15) is 0 Å². The molecule has 0 aromatic carbocycles. The smallest absolute Gasteiger partial charge is 0.0375 e. The van der Waals surface area contributed by atoms with Gasteiger partial charge in [-0.3, -0.25) is 9.97 Å². The van der Waals surface area contributed by atoms with Gasteiger partial charge >= 0.3 is 0 Å². The van der Waals surface area contributed by atoms with Crippen LogP contribution in [0, 0.1) is 20.8 Å². The summed E-state index contributed by atoms with van der Waals surface area (Å²) in [7, 11) is 0. The molecule has 2 nitrogen and oxygen atoms in total. The molecule has 0 atom stereocenters. The minimum Gasteiger partial charge on any atom is -0.265 e. The summed E-state index contributed by atoms with van der Waals surface area (Å²) in [6, 6.07) is 9.94. The highest BCUT2D eigenvalue weighted by atomic mass is 14.7. The summed E-state index contributed by atoms with van der Waals surface area (Å²) >= 11 is 0. The van der Waals surface area contributed by atoms with Crippen LogP contribution >= 0.6 is 0 Å². The minimum absolute atomic E-state index is 1.09. The summed E-state index contributed by atoms with van der Waals surface area (Å²) in [4.78, 5) is 8.02. The summed E-state index contributed by atoms with van der Waals surface area (Å²) < 4.78 is 0. The number of hydrogen-bond donors (Lipinski definition) is 0. The van der Waals surface area contributed by atoms with E-state index in [1.807, 2.05) is 51.1 Å². The van der Waals surface area contributed by atoms with Gasteiger partial charge in [0.05, 0.1) is 0 Å². The summed E-state index contributed by atoms with van der Waals surface area (Å²) in [6.07, 6.45) is 3.57. The van der Waals surface area contributed by atoms with Gasteiger partial charge < -0.3 is 0 Å². The van der Waals surface area contributed by atoms with Crippen molar-refractivity contribution >= 4 is 0 Å². The SMILES string of the molecule is Cc1cccc(C)n1.Cc1ccncc1. The van der Waals surface area contributed by atoms with E-state index in [0.29, 0.717) is 0 Å². The van der Waals surface area contributed by atoms with Crippen LogP contribution in [0.25, 0.3) is 0 Å². The average Bonchev–Trinajstić information content (AvgIpc) is 2.19. The molecule has 0 aliphatic heterocycles. The molecule has 2 heteroatoms. The molecule has 0 saturated heterocycles. The van der Waals surface area contributed by atoms with Crippen LogP contribution in [0.2, 0.25) is 0 Å². The fraction of sp³-hybridized carbons (Fsp3) is 0.231. The molecule has 0 aliphatic rings. The summed E-state index contributed by atoms with van der Waals surface area (Å²) in [5, 5.41) is 0. The monoisotopic (exact) mass is 200 g/mol. The topological polar surface area (TPSA) is 25.8 Å². The zero-order valence-electron chi connectivity index (χ0n) is 9.44. The minimum atomic E-state index is 1.09. The Bertz CT molecular complexity index is 379. The van der Waals surface area contributed by atoms with Gasteiger partial charge in [0.15, 0.2) is 0 Å². The van der Waals surface area contributed by atoms with E-state index in [0.717, 1.165) is 11.4 Å². The van der Waals surface area contributed by atoms with E-state index < -0.39 is 0 Å². The van der Waals surface area contributed by atoms with Crippen molar-refractivity contribution in [2.75, 3.05) is 0 Å². The first-order valence-electron chi connectivity index (χ1n) is 4.95. The highest BCUT2D eigenvalue weighted by Crippen LogP contribution is 1.93. The second-order valence-corrected chi connectivity index (χ2v) is 3.44. The molecule has 0 saturated carbocycles. The van der Waals surface area contributed by atoms with Crippen LogP contribution < -0.4 is 0 Å². The first-order chi connectivity index (χ1) is 7.18. The van der Waals surface area contributed by atoms with Gasteiger partial charge in [0.25, 0.3) is 0 Å². The largest absolute Gasteiger partial charge is 0.265 e. The average molecular weight is 200 g/mol. The Morgan fingerprint density at radius 1 is 0.800 bits per heavy atom. The molecule has 2 aromatic rings. The second kappa shape index (κ2) is 5.91. The second-order valence-electron chi connectivity index (χ2n) is 3.44. The summed E-state index contributed by atoms with van der Waals surface area (Å²) in [5.41, 5.74) is 3.44. The van der Waals surface area contributed by atoms with E-state index >= 15 is 0 Å². The third-order valence-electron chi connectivity index (χ3n) is 1.87. The predicted molar refractivity (Wildman–Crippen MR) is 62.7 cm³/mol. The quantitative estimate of drug-likeness (QED) is 0.653. The molecule has 78 valence electrons. The Labute approximate surface area is 91.0 Å². The summed E-state index contributed by atoms with van der Waals surface area (Å²) in [5.74, 6) is 0. The predicted octanol–water partition coefficient (Wildman–Crippen LogP) is 3.09. The number of hydrogen-bond acceptors (Lipinski definition) is 2. The van der Waals surface area contributed by atoms with Crippen molar-refractivity contribution in [3.63, 3.8) is 0 Å². The van der Waals surface area contributed by atoms with E-state index in [1.165, 1.54) is 5.56 Å². The van der Waals surface area contributed by atoms with Crippen molar-refractivity contribution in [3.05, 3.63) is 59.7 Å². The normalized spacial score (nSPS) is 9.00. The fourth-order valence-electron chi connectivity index (χ4n) is 1.11. The van der Waals surface area contributed by atoms with Crippen LogP contribution in [0.4, 0.5) is 0 Å². The van der Waals surface area contributed by atoms with E-state index in [4.69, 9.17) is 0 Å². The van der Waals surface area contributed by atoms with Gasteiger partial charge in [-0.1, -0.05) is 6.07 Å². The number of pyridine rings is 2. The standard InChI is InChI=1S/C7H9N.C6H7N/c1-6-4-3-5-7(2)8-6;1-6-2-4-7-5-3-6/h3-5H,1-2H3;2-5H,1H3. The van der Waals surface area contributed by atoms with Crippen LogP contribution in [0.5, 0.6) is 0 Å². The van der Waals surface area contributed by atoms with Gasteiger partial charge in [0.1, 0.15) is 0 Å². The van der Waals surface area contributed by atoms with Crippen LogP contribution in [0.3, 0.4) is 0 Å². The Hall–Kier alpha value is -1.70. The molecule has 2 aromatic heterocycles. The lowest BCUT2D eigenvalue weighted by Crippen LogP contribution is -1.81. The van der Waals surface area contributed by atoms with Gasteiger partial charge in [-0.05, 0) is 50.6 Å². The van der Waals surface area contributed by atoms with E-state index in [2.05, 4.69) is 9.97 Å². The lowest BCUT2D eigenvalue weighted by atomic mass is 10.3. The van der Waals surface area contributed by atoms with Gasteiger partial charge in [0, 0.05) is 23.8 Å². The van der Waals surface area contributed by atoms with Crippen molar-refractivity contribution in [1.82, 2.24) is 9.97 Å². The molecule has 0 amide bonds. The maximum absolute atomic E-state index is 4.17. The number of aromatic nitrogens is 2. The van der Waals surface area contributed by atoms with Crippen LogP contribution in [0.15, 0.2) is 42.7 Å². The zero-order chi connectivity index (χ0) is 11.1. The Balaban J connectivity index is 0.000000151. The van der Waals surface area contributed by atoms with Gasteiger partial charge in [-0.2, -0.15) is 0 Å². The third kappa shape index (κ3) is 4.91. The number of rotatable bonds is 0. The van der Waals surface area contributed by atoms with E-state index in [1.54, 1.807) is 12.4 Å². The molecular formula is C13H16N2. The molecule has 0 fully saturated rings. The molecule has 0 bridgehead atoms. The molecule has 2 heterocycles. The van der Waals surface area contributed by atoms with Crippen LogP contribution in [-0.4, -0.2) is 9.97 Å². The van der Waals surface area contributed by atoms with Crippen molar-refractivity contribution < 1.29 is 0 Å². The molecule has 0 unspecified atom stereocenters. The Morgan fingerprint density at radius 2 is 1.33 bits per heavy atom. The van der Waals surface area contributed by atoms with Gasteiger partial charge in [-0.15, -0.1) is 0 Å². The highest BCUT2D eigenvalue weighted by Gasteiger charge is 1.82. The lowest BCUT2D eigenvalue weighted by Gasteiger charge is -1.90. The molecular weight excluding hydrogens is 184 g/mol. The Morgan fingerprint density at radius 3 is 1.60 bits per heavy atom. The van der Waals surface area contributed by atoms with Gasteiger partial charge in [0.2, 0.25) is 0 Å². The van der Waals surface area contributed by atoms with Crippen molar-refractivity contribution in [3.8, 4) is 0 Å². The summed E-state index contributed by atoms with van der Waals surface area (Å²) in [6.45, 7) is 6.03. The van der Waals surface area contributed by atoms with Gasteiger partial charge in [-0.25, -0.2) is 0 Å². The maximum atomic E-state index is 4.17. The third-order valence-corrected chi connectivity index (χ3v) is 1.87. The fourth-order valence-corrected chi connectivity index (χ4v) is 1.11. The van der Waals surface area contributed by atoms with Crippen molar-refractivity contribution in [2.24, 2.45) is 0 Å². The molecule has 15 heavy (non-hydrogen) atoms. The zero-order valence-corrected chi connectivity index (χ0v) is 9.44. The highest BCUT2D eigenvalue weighted by molar-refractivity contribution is 5.07. The van der Waals surface area contributed by atoms with Crippen molar-refractivity contribution in [2.45, 2.75) is 20.8 Å². The molecule has 2 rings (SSSR count). The Kier molecular flexibility index (Phi) is 4.48.